The zero-order valence-electron chi connectivity index (χ0n) is 8.45. The van der Waals surface area contributed by atoms with Gasteiger partial charge in [-0.05, 0) is 12.3 Å². The van der Waals surface area contributed by atoms with Gasteiger partial charge in [0.05, 0.1) is 17.9 Å². The van der Waals surface area contributed by atoms with E-state index in [9.17, 15) is 4.79 Å². The Bertz CT molecular complexity index is 382. The lowest BCUT2D eigenvalue weighted by Crippen LogP contribution is -2.19. The van der Waals surface area contributed by atoms with Crippen LogP contribution < -0.4 is 0 Å². The van der Waals surface area contributed by atoms with Gasteiger partial charge in [-0.25, -0.2) is 0 Å². The molecular weight excluding hydrogens is 180 g/mol. The van der Waals surface area contributed by atoms with Gasteiger partial charge in [0.1, 0.15) is 0 Å². The van der Waals surface area contributed by atoms with Gasteiger partial charge in [-0.3, -0.25) is 9.48 Å². The van der Waals surface area contributed by atoms with Crippen LogP contribution in [0.25, 0.3) is 0 Å². The van der Waals surface area contributed by atoms with Crippen LogP contribution in [0.1, 0.15) is 35.1 Å². The number of aryl methyl sites for hydroxylation is 1. The Kier molecular flexibility index (Phi) is 2.15. The maximum atomic E-state index is 11.7. The number of carbonyl (C=O) groups excluding carboxylic acids is 1. The Morgan fingerprint density at radius 2 is 2.29 bits per heavy atom. The van der Waals surface area contributed by atoms with E-state index in [4.69, 9.17) is 5.11 Å². The van der Waals surface area contributed by atoms with Crippen LogP contribution in [0.2, 0.25) is 0 Å². The van der Waals surface area contributed by atoms with E-state index in [-0.39, 0.29) is 12.4 Å². The molecule has 1 atom stereocenters. The van der Waals surface area contributed by atoms with Gasteiger partial charge in [-0.1, -0.05) is 6.92 Å². The van der Waals surface area contributed by atoms with E-state index >= 15 is 0 Å². The minimum absolute atomic E-state index is 0.121. The number of aromatic nitrogens is 2. The number of hydrogen-bond acceptors (Lipinski definition) is 3. The fourth-order valence-electron chi connectivity index (χ4n) is 2.11. The third-order valence-electron chi connectivity index (χ3n) is 2.74. The Morgan fingerprint density at radius 3 is 2.93 bits per heavy atom. The zero-order chi connectivity index (χ0) is 10.3. The van der Waals surface area contributed by atoms with Crippen LogP contribution in [0.4, 0.5) is 0 Å². The molecule has 0 saturated heterocycles. The van der Waals surface area contributed by atoms with E-state index < -0.39 is 0 Å². The van der Waals surface area contributed by atoms with Crippen LogP contribution in [-0.2, 0) is 20.1 Å². The topological polar surface area (TPSA) is 55.1 Å². The molecule has 0 aromatic carbocycles. The second kappa shape index (κ2) is 3.20. The summed E-state index contributed by atoms with van der Waals surface area (Å²) in [4.78, 5) is 11.7. The third-order valence-corrected chi connectivity index (χ3v) is 2.74. The highest BCUT2D eigenvalue weighted by Crippen LogP contribution is 2.27. The predicted molar refractivity (Wildman–Crippen MR) is 50.9 cm³/mol. The molecule has 0 spiro atoms. The summed E-state index contributed by atoms with van der Waals surface area (Å²) in [6.07, 6.45) is 1.45. The minimum Gasteiger partial charge on any atom is -0.390 e. The lowest BCUT2D eigenvalue weighted by Gasteiger charge is -2.17. The van der Waals surface area contributed by atoms with Gasteiger partial charge in [-0.15, -0.1) is 0 Å². The van der Waals surface area contributed by atoms with Gasteiger partial charge in [0.2, 0.25) is 0 Å². The average molecular weight is 194 g/mol. The molecule has 0 radical (unpaired) electrons. The molecule has 14 heavy (non-hydrogen) atoms. The summed E-state index contributed by atoms with van der Waals surface area (Å²) in [7, 11) is 1.82. The number of ketones is 1. The molecule has 1 aromatic heterocycles. The molecule has 1 N–H and O–H groups in total. The standard InChI is InChI=1S/C10H14N2O2/c1-6-3-8-10(9(14)4-6)7(5-13)11-12(8)2/h6,13H,3-5H2,1-2H3. The van der Waals surface area contributed by atoms with Crippen molar-refractivity contribution in [3.05, 3.63) is 17.0 Å². The molecule has 76 valence electrons. The molecule has 1 heterocycles. The number of nitrogens with zero attached hydrogens (tertiary/aromatic N) is 2. The molecule has 0 saturated carbocycles. The summed E-state index contributed by atoms with van der Waals surface area (Å²) in [6, 6.07) is 0. The summed E-state index contributed by atoms with van der Waals surface area (Å²) in [5, 5.41) is 13.2. The maximum Gasteiger partial charge on any atom is 0.166 e. The Labute approximate surface area is 82.5 Å². The van der Waals surface area contributed by atoms with Crippen molar-refractivity contribution in [1.29, 1.82) is 0 Å². The van der Waals surface area contributed by atoms with Crippen LogP contribution >= 0.6 is 0 Å². The van der Waals surface area contributed by atoms with Gasteiger partial charge in [0.15, 0.2) is 5.78 Å². The first-order chi connectivity index (χ1) is 6.63. The van der Waals surface area contributed by atoms with Gasteiger partial charge >= 0.3 is 0 Å². The second-order valence-corrected chi connectivity index (χ2v) is 3.99. The van der Waals surface area contributed by atoms with Crippen molar-refractivity contribution < 1.29 is 9.90 Å². The van der Waals surface area contributed by atoms with Crippen molar-refractivity contribution in [2.75, 3.05) is 0 Å². The highest BCUT2D eigenvalue weighted by Gasteiger charge is 2.28. The normalized spacial score (nSPS) is 21.1. The summed E-state index contributed by atoms with van der Waals surface area (Å²) in [6.45, 7) is 1.91. The van der Waals surface area contributed by atoms with Crippen LogP contribution in [0, 0.1) is 5.92 Å². The van der Waals surface area contributed by atoms with Crippen molar-refractivity contribution in [2.45, 2.75) is 26.4 Å². The third kappa shape index (κ3) is 1.26. The number of rotatable bonds is 1. The maximum absolute atomic E-state index is 11.7. The van der Waals surface area contributed by atoms with Crippen molar-refractivity contribution in [3.63, 3.8) is 0 Å². The molecule has 1 unspecified atom stereocenters. The van der Waals surface area contributed by atoms with E-state index in [1.165, 1.54) is 0 Å². The molecular formula is C10H14N2O2. The molecule has 0 fully saturated rings. The average Bonchev–Trinajstić information content (AvgIpc) is 2.43. The molecule has 1 aliphatic carbocycles. The van der Waals surface area contributed by atoms with Crippen molar-refractivity contribution in [2.24, 2.45) is 13.0 Å². The largest absolute Gasteiger partial charge is 0.390 e. The molecule has 0 amide bonds. The lowest BCUT2D eigenvalue weighted by atomic mass is 9.87. The quantitative estimate of drug-likeness (QED) is 0.715. The highest BCUT2D eigenvalue weighted by molar-refractivity contribution is 5.99. The smallest absolute Gasteiger partial charge is 0.166 e. The van der Waals surface area contributed by atoms with Crippen LogP contribution in [0.5, 0.6) is 0 Å². The lowest BCUT2D eigenvalue weighted by molar-refractivity contribution is 0.0949. The Balaban J connectivity index is 2.55. The molecule has 1 aliphatic rings. The number of aliphatic hydroxyl groups excluding tert-OH is 1. The SMILES string of the molecule is CC1CC(=O)c2c(CO)nn(C)c2C1. The summed E-state index contributed by atoms with van der Waals surface area (Å²) in [5.41, 5.74) is 2.16. The monoisotopic (exact) mass is 194 g/mol. The minimum atomic E-state index is -0.150. The van der Waals surface area contributed by atoms with Gasteiger partial charge in [-0.2, -0.15) is 5.10 Å². The second-order valence-electron chi connectivity index (χ2n) is 3.99. The van der Waals surface area contributed by atoms with Gasteiger partial charge in [0, 0.05) is 19.2 Å². The molecule has 0 bridgehead atoms. The molecule has 4 heteroatoms. The van der Waals surface area contributed by atoms with Crippen LogP contribution in [0.3, 0.4) is 0 Å². The number of Topliss-reactive ketones (excluding diaryl/α,β-unsaturated/α-hetero) is 1. The zero-order valence-corrected chi connectivity index (χ0v) is 8.45. The predicted octanol–water partition coefficient (Wildman–Crippen LogP) is 0.677. The van der Waals surface area contributed by atoms with E-state index in [0.29, 0.717) is 23.6 Å². The molecule has 1 aromatic rings. The van der Waals surface area contributed by atoms with Crippen molar-refractivity contribution >= 4 is 5.78 Å². The van der Waals surface area contributed by atoms with E-state index in [1.54, 1.807) is 4.68 Å². The van der Waals surface area contributed by atoms with Gasteiger partial charge in [0.25, 0.3) is 0 Å². The Morgan fingerprint density at radius 1 is 1.57 bits per heavy atom. The number of carbonyl (C=O) groups is 1. The first kappa shape index (κ1) is 9.40. The molecule has 2 rings (SSSR count). The number of fused-ring (bicyclic) bond motifs is 1. The number of hydrogen-bond donors (Lipinski definition) is 1. The first-order valence-corrected chi connectivity index (χ1v) is 4.82. The van der Waals surface area contributed by atoms with Crippen LogP contribution in [0.15, 0.2) is 0 Å². The van der Waals surface area contributed by atoms with E-state index in [1.807, 2.05) is 7.05 Å². The molecule has 4 nitrogen and oxygen atoms in total. The summed E-state index contributed by atoms with van der Waals surface area (Å²) < 4.78 is 1.72. The fourth-order valence-corrected chi connectivity index (χ4v) is 2.11. The number of aliphatic hydroxyl groups is 1. The first-order valence-electron chi connectivity index (χ1n) is 4.82. The Hall–Kier alpha value is -1.16. The van der Waals surface area contributed by atoms with E-state index in [0.717, 1.165) is 12.1 Å². The fraction of sp³-hybridized carbons (Fsp3) is 0.600. The van der Waals surface area contributed by atoms with Crippen LogP contribution in [-0.4, -0.2) is 20.7 Å². The van der Waals surface area contributed by atoms with Crippen molar-refractivity contribution in [1.82, 2.24) is 9.78 Å². The molecule has 0 aliphatic heterocycles. The highest BCUT2D eigenvalue weighted by atomic mass is 16.3. The van der Waals surface area contributed by atoms with Gasteiger partial charge < -0.3 is 5.11 Å². The summed E-state index contributed by atoms with van der Waals surface area (Å²) >= 11 is 0. The van der Waals surface area contributed by atoms with Crippen molar-refractivity contribution in [3.8, 4) is 0 Å². The summed E-state index contributed by atoms with van der Waals surface area (Å²) in [5.74, 6) is 0.507. The van der Waals surface area contributed by atoms with E-state index in [2.05, 4.69) is 12.0 Å².